The van der Waals surface area contributed by atoms with Gasteiger partial charge in [-0.2, -0.15) is 4.98 Å². The molecule has 1 aliphatic rings. The summed E-state index contributed by atoms with van der Waals surface area (Å²) in [5.74, 6) is 1.61. The Labute approximate surface area is 109 Å². The Bertz CT molecular complexity index is 385. The number of nitrogens with zero attached hydrogens (tertiary/aromatic N) is 3. The fraction of sp³-hybridized carbons (Fsp3) is 0.692. The zero-order chi connectivity index (χ0) is 13.0. The summed E-state index contributed by atoms with van der Waals surface area (Å²) < 4.78 is 0. The largest absolute Gasteiger partial charge is 0.369 e. The molecule has 18 heavy (non-hydrogen) atoms. The molecule has 0 aliphatic heterocycles. The van der Waals surface area contributed by atoms with E-state index in [4.69, 9.17) is 5.73 Å². The molecule has 1 saturated carbocycles. The van der Waals surface area contributed by atoms with Gasteiger partial charge in [0, 0.05) is 26.8 Å². The minimum Gasteiger partial charge on any atom is -0.369 e. The lowest BCUT2D eigenvalue weighted by molar-refractivity contribution is 0.332. The third-order valence-corrected chi connectivity index (χ3v) is 3.78. The van der Waals surface area contributed by atoms with E-state index >= 15 is 0 Å². The second kappa shape index (κ2) is 5.52. The molecule has 0 bridgehead atoms. The predicted octanol–water partition coefficient (Wildman–Crippen LogP) is 1.47. The van der Waals surface area contributed by atoms with Crippen LogP contribution in [0.2, 0.25) is 0 Å². The summed E-state index contributed by atoms with van der Waals surface area (Å²) in [6.45, 7) is 1.67. The highest BCUT2D eigenvalue weighted by Gasteiger charge is 2.32. The van der Waals surface area contributed by atoms with Gasteiger partial charge in [0.25, 0.3) is 0 Å². The number of anilines is 2. The highest BCUT2D eigenvalue weighted by molar-refractivity contribution is 5.40. The lowest BCUT2D eigenvalue weighted by Gasteiger charge is -2.27. The maximum atomic E-state index is 5.93. The third-order valence-electron chi connectivity index (χ3n) is 3.78. The van der Waals surface area contributed by atoms with Crippen LogP contribution >= 0.6 is 0 Å². The summed E-state index contributed by atoms with van der Waals surface area (Å²) in [6, 6.07) is 1.91. The molecule has 1 aromatic rings. The number of hydrogen-bond acceptors (Lipinski definition) is 5. The van der Waals surface area contributed by atoms with Crippen LogP contribution in [-0.2, 0) is 0 Å². The maximum absolute atomic E-state index is 5.93. The molecule has 2 rings (SSSR count). The molecule has 5 nitrogen and oxygen atoms in total. The Morgan fingerprint density at radius 3 is 2.72 bits per heavy atom. The quantitative estimate of drug-likeness (QED) is 0.827. The van der Waals surface area contributed by atoms with Crippen molar-refractivity contribution in [2.45, 2.75) is 25.7 Å². The fourth-order valence-electron chi connectivity index (χ4n) is 2.52. The molecule has 0 radical (unpaired) electrons. The van der Waals surface area contributed by atoms with Crippen LogP contribution in [0.4, 0.5) is 11.8 Å². The molecular weight excluding hydrogens is 226 g/mol. The number of aromatic nitrogens is 2. The van der Waals surface area contributed by atoms with Gasteiger partial charge in [-0.1, -0.05) is 12.8 Å². The van der Waals surface area contributed by atoms with Crippen LogP contribution in [0, 0.1) is 5.41 Å². The van der Waals surface area contributed by atoms with E-state index in [9.17, 15) is 0 Å². The SMILES string of the molecule is CN(C)c1nccc(NCC2(CN)CCCC2)n1. The second-order valence-corrected chi connectivity index (χ2v) is 5.40. The van der Waals surface area contributed by atoms with Crippen LogP contribution in [-0.4, -0.2) is 37.2 Å². The Hall–Kier alpha value is -1.36. The number of nitrogens with one attached hydrogen (secondary N) is 1. The van der Waals surface area contributed by atoms with Crippen molar-refractivity contribution in [3.63, 3.8) is 0 Å². The van der Waals surface area contributed by atoms with Crippen molar-refractivity contribution < 1.29 is 0 Å². The lowest BCUT2D eigenvalue weighted by Crippen LogP contribution is -2.34. The van der Waals surface area contributed by atoms with E-state index in [0.717, 1.165) is 24.9 Å². The molecule has 0 amide bonds. The van der Waals surface area contributed by atoms with Crippen molar-refractivity contribution in [3.8, 4) is 0 Å². The summed E-state index contributed by atoms with van der Waals surface area (Å²) in [5, 5.41) is 3.42. The monoisotopic (exact) mass is 249 g/mol. The Morgan fingerprint density at radius 1 is 1.39 bits per heavy atom. The molecular formula is C13H23N5. The predicted molar refractivity (Wildman–Crippen MR) is 74.8 cm³/mol. The zero-order valence-corrected chi connectivity index (χ0v) is 11.3. The van der Waals surface area contributed by atoms with Crippen LogP contribution in [0.1, 0.15) is 25.7 Å². The first-order chi connectivity index (χ1) is 8.65. The third kappa shape index (κ3) is 2.90. The molecule has 0 atom stereocenters. The molecule has 1 heterocycles. The average Bonchev–Trinajstić information content (AvgIpc) is 2.86. The Balaban J connectivity index is 1.99. The maximum Gasteiger partial charge on any atom is 0.226 e. The Kier molecular flexibility index (Phi) is 4.01. The van der Waals surface area contributed by atoms with Crippen LogP contribution in [0.15, 0.2) is 12.3 Å². The summed E-state index contributed by atoms with van der Waals surface area (Å²) in [4.78, 5) is 10.6. The van der Waals surface area contributed by atoms with Gasteiger partial charge in [-0.3, -0.25) is 0 Å². The number of nitrogens with two attached hydrogens (primary N) is 1. The van der Waals surface area contributed by atoms with Gasteiger partial charge in [0.15, 0.2) is 0 Å². The molecule has 3 N–H and O–H groups in total. The van der Waals surface area contributed by atoms with E-state index in [2.05, 4.69) is 15.3 Å². The Morgan fingerprint density at radius 2 is 2.11 bits per heavy atom. The number of rotatable bonds is 5. The fourth-order valence-corrected chi connectivity index (χ4v) is 2.52. The average molecular weight is 249 g/mol. The second-order valence-electron chi connectivity index (χ2n) is 5.40. The van der Waals surface area contributed by atoms with E-state index < -0.39 is 0 Å². The van der Waals surface area contributed by atoms with Crippen LogP contribution < -0.4 is 16.0 Å². The van der Waals surface area contributed by atoms with Crippen molar-refractivity contribution >= 4 is 11.8 Å². The van der Waals surface area contributed by atoms with E-state index in [1.54, 1.807) is 6.20 Å². The molecule has 1 aromatic heterocycles. The van der Waals surface area contributed by atoms with Gasteiger partial charge in [0.05, 0.1) is 0 Å². The van der Waals surface area contributed by atoms with Gasteiger partial charge in [-0.25, -0.2) is 4.98 Å². The molecule has 0 unspecified atom stereocenters. The normalized spacial score (nSPS) is 17.7. The summed E-state index contributed by atoms with van der Waals surface area (Å²) in [6.07, 6.45) is 6.83. The summed E-state index contributed by atoms with van der Waals surface area (Å²) in [7, 11) is 3.88. The minimum absolute atomic E-state index is 0.267. The van der Waals surface area contributed by atoms with Crippen molar-refractivity contribution in [1.82, 2.24) is 9.97 Å². The van der Waals surface area contributed by atoms with E-state index in [1.807, 2.05) is 25.1 Å². The number of hydrogen-bond donors (Lipinski definition) is 2. The first-order valence-corrected chi connectivity index (χ1v) is 6.60. The first-order valence-electron chi connectivity index (χ1n) is 6.60. The topological polar surface area (TPSA) is 67.1 Å². The molecule has 0 saturated heterocycles. The smallest absolute Gasteiger partial charge is 0.226 e. The van der Waals surface area contributed by atoms with Gasteiger partial charge in [-0.15, -0.1) is 0 Å². The van der Waals surface area contributed by atoms with E-state index in [1.165, 1.54) is 25.7 Å². The summed E-state index contributed by atoms with van der Waals surface area (Å²) in [5.41, 5.74) is 6.20. The zero-order valence-electron chi connectivity index (χ0n) is 11.3. The minimum atomic E-state index is 0.267. The molecule has 0 spiro atoms. The highest BCUT2D eigenvalue weighted by atomic mass is 15.2. The van der Waals surface area contributed by atoms with Crippen molar-refractivity contribution in [1.29, 1.82) is 0 Å². The standard InChI is InChI=1S/C13H23N5/c1-18(2)12-15-8-5-11(17-12)16-10-13(9-14)6-3-4-7-13/h5,8H,3-4,6-7,9-10,14H2,1-2H3,(H,15,16,17). The molecule has 5 heteroatoms. The van der Waals surface area contributed by atoms with Gasteiger partial charge < -0.3 is 16.0 Å². The van der Waals surface area contributed by atoms with Crippen molar-refractivity contribution in [2.75, 3.05) is 37.4 Å². The lowest BCUT2D eigenvalue weighted by atomic mass is 9.86. The first kappa shape index (κ1) is 13.1. The van der Waals surface area contributed by atoms with Gasteiger partial charge in [0.1, 0.15) is 5.82 Å². The molecule has 1 aliphatic carbocycles. The van der Waals surface area contributed by atoms with Crippen LogP contribution in [0.5, 0.6) is 0 Å². The van der Waals surface area contributed by atoms with Crippen LogP contribution in [0.3, 0.4) is 0 Å². The van der Waals surface area contributed by atoms with Gasteiger partial charge in [0.2, 0.25) is 5.95 Å². The van der Waals surface area contributed by atoms with E-state index in [-0.39, 0.29) is 5.41 Å². The van der Waals surface area contributed by atoms with Gasteiger partial charge >= 0.3 is 0 Å². The molecule has 1 fully saturated rings. The van der Waals surface area contributed by atoms with Crippen LogP contribution in [0.25, 0.3) is 0 Å². The molecule has 0 aromatic carbocycles. The summed E-state index contributed by atoms with van der Waals surface area (Å²) >= 11 is 0. The van der Waals surface area contributed by atoms with E-state index in [0.29, 0.717) is 0 Å². The van der Waals surface area contributed by atoms with Crippen molar-refractivity contribution in [3.05, 3.63) is 12.3 Å². The van der Waals surface area contributed by atoms with Gasteiger partial charge in [-0.05, 0) is 30.9 Å². The van der Waals surface area contributed by atoms with Crippen molar-refractivity contribution in [2.24, 2.45) is 11.1 Å². The highest BCUT2D eigenvalue weighted by Crippen LogP contribution is 2.37. The molecule has 100 valence electrons.